The van der Waals surface area contributed by atoms with Crippen molar-refractivity contribution in [2.24, 2.45) is 5.41 Å². The van der Waals surface area contributed by atoms with E-state index in [4.69, 9.17) is 5.11 Å². The van der Waals surface area contributed by atoms with E-state index in [2.05, 4.69) is 68.8 Å². The summed E-state index contributed by atoms with van der Waals surface area (Å²) in [5.74, 6) is -0.745. The summed E-state index contributed by atoms with van der Waals surface area (Å²) in [5.41, 5.74) is 0.113. The third-order valence-electron chi connectivity index (χ3n) is 6.72. The average molecular weight is 508 g/mol. The molecule has 1 aromatic carbocycles. The Hall–Kier alpha value is -0.850. The maximum atomic E-state index is 12.0. The highest BCUT2D eigenvalue weighted by molar-refractivity contribution is 5.85. The molecule has 0 saturated carbocycles. The van der Waals surface area contributed by atoms with Gasteiger partial charge < -0.3 is 20.0 Å². The molecule has 1 aliphatic heterocycles. The highest BCUT2D eigenvalue weighted by Crippen LogP contribution is 2.48. The fourth-order valence-corrected chi connectivity index (χ4v) is 4.55. The molecule has 0 amide bonds. The van der Waals surface area contributed by atoms with Gasteiger partial charge in [-0.2, -0.15) is 0 Å². The number of carboxylic acids is 1. The number of benzene rings is 1. The van der Waals surface area contributed by atoms with Crippen LogP contribution in [-0.2, 0) is 10.4 Å². The predicted molar refractivity (Wildman–Crippen MR) is 144 cm³/mol. The van der Waals surface area contributed by atoms with Gasteiger partial charge in [-0.15, -0.1) is 24.8 Å². The molecule has 1 heterocycles. The van der Waals surface area contributed by atoms with Crippen molar-refractivity contribution >= 4 is 30.8 Å². The number of likely N-dealkylation sites (tertiary alicyclic amines) is 1. The number of piperidine rings is 1. The minimum Gasteiger partial charge on any atom is -0.481 e. The standard InChI is InChI=1S/C23H40N2O.C3H6O2.2ClH/c1-6-8-15-25(16-9-7-2)19-22(4)18-24(5)20(3)17-23(22,26)21-13-11-10-12-14-21;1-2-3(4)5;;/h10-14,20,26H,6-9,15-19H2,1-5H3;2H2,1H3,(H,4,5);2*1H. The van der Waals surface area contributed by atoms with E-state index in [0.717, 1.165) is 38.2 Å². The first-order valence-corrected chi connectivity index (χ1v) is 12.1. The molecule has 0 radical (unpaired) electrons. The number of aliphatic carboxylic acids is 1. The molecular weight excluding hydrogens is 459 g/mol. The van der Waals surface area contributed by atoms with Gasteiger partial charge in [-0.05, 0) is 51.9 Å². The third kappa shape index (κ3) is 10.1. The maximum Gasteiger partial charge on any atom is 0.303 e. The normalized spacial score (nSPS) is 24.8. The van der Waals surface area contributed by atoms with Gasteiger partial charge in [0.05, 0.1) is 5.60 Å². The van der Waals surface area contributed by atoms with Crippen LogP contribution in [-0.4, -0.2) is 65.3 Å². The van der Waals surface area contributed by atoms with Crippen LogP contribution in [0.15, 0.2) is 30.3 Å². The Kier molecular flexibility index (Phi) is 17.4. The zero-order chi connectivity index (χ0) is 23.5. The first-order valence-electron chi connectivity index (χ1n) is 12.1. The minimum atomic E-state index is -0.781. The Morgan fingerprint density at radius 2 is 1.58 bits per heavy atom. The number of carbonyl (C=O) groups is 1. The first-order chi connectivity index (χ1) is 14.6. The van der Waals surface area contributed by atoms with Gasteiger partial charge in [0, 0.05) is 31.0 Å². The van der Waals surface area contributed by atoms with Crippen molar-refractivity contribution in [3.63, 3.8) is 0 Å². The lowest BCUT2D eigenvalue weighted by Gasteiger charge is -2.55. The summed E-state index contributed by atoms with van der Waals surface area (Å²) >= 11 is 0. The molecule has 5 nitrogen and oxygen atoms in total. The van der Waals surface area contributed by atoms with E-state index < -0.39 is 11.6 Å². The Morgan fingerprint density at radius 3 is 2.00 bits per heavy atom. The van der Waals surface area contributed by atoms with Crippen molar-refractivity contribution in [1.82, 2.24) is 9.80 Å². The average Bonchev–Trinajstić information content (AvgIpc) is 2.75. The van der Waals surface area contributed by atoms with Crippen molar-refractivity contribution in [3.8, 4) is 0 Å². The quantitative estimate of drug-likeness (QED) is 0.417. The van der Waals surface area contributed by atoms with Crippen LogP contribution >= 0.6 is 24.8 Å². The zero-order valence-corrected chi connectivity index (χ0v) is 23.2. The Bertz CT molecular complexity index is 642. The number of carboxylic acid groups (broad SMARTS) is 1. The maximum absolute atomic E-state index is 12.0. The second kappa shape index (κ2) is 16.7. The Morgan fingerprint density at radius 1 is 1.09 bits per heavy atom. The molecule has 1 fully saturated rings. The van der Waals surface area contributed by atoms with E-state index in [9.17, 15) is 9.90 Å². The molecule has 0 aliphatic carbocycles. The number of aliphatic hydroxyl groups is 1. The summed E-state index contributed by atoms with van der Waals surface area (Å²) < 4.78 is 0. The molecule has 3 atom stereocenters. The summed E-state index contributed by atoms with van der Waals surface area (Å²) in [6, 6.07) is 10.8. The van der Waals surface area contributed by atoms with Crippen molar-refractivity contribution in [1.29, 1.82) is 0 Å². The molecule has 1 aliphatic rings. The summed E-state index contributed by atoms with van der Waals surface area (Å²) in [6.45, 7) is 14.8. The van der Waals surface area contributed by atoms with E-state index in [0.29, 0.717) is 6.04 Å². The second-order valence-corrected chi connectivity index (χ2v) is 9.49. The Labute approximate surface area is 214 Å². The minimum absolute atomic E-state index is 0. The molecule has 0 aromatic heterocycles. The first kappa shape index (κ1) is 34.3. The number of unbranched alkanes of at least 4 members (excludes halogenated alkanes) is 2. The van der Waals surface area contributed by atoms with Crippen LogP contribution in [0.25, 0.3) is 0 Å². The molecule has 33 heavy (non-hydrogen) atoms. The zero-order valence-electron chi connectivity index (χ0n) is 21.5. The van der Waals surface area contributed by atoms with E-state index >= 15 is 0 Å². The van der Waals surface area contributed by atoms with Crippen LogP contribution < -0.4 is 0 Å². The van der Waals surface area contributed by atoms with Crippen LogP contribution in [0.5, 0.6) is 0 Å². The van der Waals surface area contributed by atoms with Gasteiger partial charge in [-0.1, -0.05) is 70.9 Å². The molecule has 7 heteroatoms. The van der Waals surface area contributed by atoms with Crippen LogP contribution in [0.2, 0.25) is 0 Å². The number of halogens is 2. The lowest BCUT2D eigenvalue weighted by molar-refractivity contribution is -0.154. The van der Waals surface area contributed by atoms with Crippen molar-refractivity contribution in [2.45, 2.75) is 84.8 Å². The summed E-state index contributed by atoms with van der Waals surface area (Å²) in [6.07, 6.45) is 5.92. The van der Waals surface area contributed by atoms with Gasteiger partial charge in [-0.25, -0.2) is 0 Å². The van der Waals surface area contributed by atoms with Gasteiger partial charge in [0.15, 0.2) is 0 Å². The van der Waals surface area contributed by atoms with Gasteiger partial charge in [-0.3, -0.25) is 4.79 Å². The molecule has 194 valence electrons. The van der Waals surface area contributed by atoms with E-state index in [1.807, 2.05) is 6.07 Å². The lowest BCUT2D eigenvalue weighted by atomic mass is 9.63. The smallest absolute Gasteiger partial charge is 0.303 e. The highest BCUT2D eigenvalue weighted by Gasteiger charge is 2.53. The fourth-order valence-electron chi connectivity index (χ4n) is 4.55. The van der Waals surface area contributed by atoms with Crippen LogP contribution in [0, 0.1) is 5.41 Å². The predicted octanol–water partition coefficient (Wildman–Crippen LogP) is 5.83. The van der Waals surface area contributed by atoms with E-state index in [-0.39, 0.29) is 36.6 Å². The monoisotopic (exact) mass is 506 g/mol. The van der Waals surface area contributed by atoms with E-state index in [1.165, 1.54) is 25.7 Å². The topological polar surface area (TPSA) is 64.0 Å². The van der Waals surface area contributed by atoms with Crippen molar-refractivity contribution in [3.05, 3.63) is 35.9 Å². The van der Waals surface area contributed by atoms with Crippen LogP contribution in [0.3, 0.4) is 0 Å². The number of rotatable bonds is 10. The largest absolute Gasteiger partial charge is 0.481 e. The third-order valence-corrected chi connectivity index (χ3v) is 6.72. The summed E-state index contributed by atoms with van der Waals surface area (Å²) in [7, 11) is 2.20. The number of hydrogen-bond donors (Lipinski definition) is 2. The van der Waals surface area contributed by atoms with Gasteiger partial charge in [0.2, 0.25) is 0 Å². The molecule has 3 unspecified atom stereocenters. The lowest BCUT2D eigenvalue weighted by Crippen LogP contribution is -2.62. The van der Waals surface area contributed by atoms with Crippen molar-refractivity contribution in [2.75, 3.05) is 33.2 Å². The molecule has 1 aromatic rings. The van der Waals surface area contributed by atoms with Crippen LogP contribution in [0.4, 0.5) is 0 Å². The second-order valence-electron chi connectivity index (χ2n) is 9.49. The molecular formula is C26H48Cl2N2O3. The van der Waals surface area contributed by atoms with Crippen LogP contribution in [0.1, 0.15) is 78.7 Å². The number of hydrogen-bond acceptors (Lipinski definition) is 4. The Balaban J connectivity index is 0. The fraction of sp³-hybridized carbons (Fsp3) is 0.731. The SMILES string of the molecule is CCC(=O)O.CCCCN(CCCC)CC1(C)CN(C)C(C)CC1(O)c1ccccc1.Cl.Cl. The summed E-state index contributed by atoms with van der Waals surface area (Å²) in [4.78, 5) is 14.4. The van der Waals surface area contributed by atoms with Gasteiger partial charge in [0.25, 0.3) is 0 Å². The molecule has 0 bridgehead atoms. The molecule has 2 N–H and O–H groups in total. The van der Waals surface area contributed by atoms with Gasteiger partial charge in [0.1, 0.15) is 0 Å². The highest BCUT2D eigenvalue weighted by atomic mass is 35.5. The van der Waals surface area contributed by atoms with E-state index in [1.54, 1.807) is 6.92 Å². The van der Waals surface area contributed by atoms with Crippen molar-refractivity contribution < 1.29 is 15.0 Å². The summed E-state index contributed by atoms with van der Waals surface area (Å²) in [5, 5.41) is 19.7. The molecule has 2 rings (SSSR count). The van der Waals surface area contributed by atoms with Gasteiger partial charge >= 0.3 is 5.97 Å². The molecule has 1 saturated heterocycles. The number of nitrogens with zero attached hydrogens (tertiary/aromatic N) is 2. The molecule has 0 spiro atoms.